The third kappa shape index (κ3) is 4.12. The second-order valence-corrected chi connectivity index (χ2v) is 8.21. The van der Waals surface area contributed by atoms with E-state index in [1.807, 2.05) is 12.1 Å². The third-order valence-electron chi connectivity index (χ3n) is 6.29. The summed E-state index contributed by atoms with van der Waals surface area (Å²) in [5.41, 5.74) is 5.52. The summed E-state index contributed by atoms with van der Waals surface area (Å²) in [7, 11) is 0. The summed E-state index contributed by atoms with van der Waals surface area (Å²) in [6.45, 7) is 2.65. The van der Waals surface area contributed by atoms with Crippen molar-refractivity contribution in [1.29, 1.82) is 0 Å². The van der Waals surface area contributed by atoms with Gasteiger partial charge in [-0.2, -0.15) is 0 Å². The van der Waals surface area contributed by atoms with Gasteiger partial charge in [0.25, 0.3) is 0 Å². The minimum atomic E-state index is -0.395. The maximum atomic E-state index is 13.5. The molecule has 0 bridgehead atoms. The Morgan fingerprint density at radius 3 is 2.21 bits per heavy atom. The van der Waals surface area contributed by atoms with Crippen molar-refractivity contribution >= 4 is 5.91 Å². The van der Waals surface area contributed by atoms with E-state index in [2.05, 4.69) is 79.0 Å². The molecule has 0 spiro atoms. The number of hydrogen-bond acceptors (Lipinski definition) is 1. The van der Waals surface area contributed by atoms with Crippen LogP contribution in [0, 0.1) is 6.92 Å². The topological polar surface area (TPSA) is 29.1 Å². The summed E-state index contributed by atoms with van der Waals surface area (Å²) < 4.78 is 0. The molecule has 1 amide bonds. The Kier molecular flexibility index (Phi) is 5.80. The first-order valence-electron chi connectivity index (χ1n) is 10.7. The number of hydrogen-bond donors (Lipinski definition) is 1. The molecule has 1 aliphatic rings. The lowest BCUT2D eigenvalue weighted by molar-refractivity contribution is -0.128. The second kappa shape index (κ2) is 8.65. The average molecular weight is 384 g/mol. The summed E-state index contributed by atoms with van der Waals surface area (Å²) in [4.78, 5) is 13.5. The molecule has 1 aliphatic carbocycles. The fourth-order valence-electron chi connectivity index (χ4n) is 4.59. The molecule has 0 aliphatic heterocycles. The summed E-state index contributed by atoms with van der Waals surface area (Å²) in [6.07, 6.45) is 5.31. The van der Waals surface area contributed by atoms with Gasteiger partial charge in [-0.15, -0.1) is 0 Å². The molecular formula is C27H29NO. The van der Waals surface area contributed by atoms with Crippen LogP contribution in [-0.4, -0.2) is 5.91 Å². The van der Waals surface area contributed by atoms with Crippen LogP contribution in [-0.2, 0) is 16.8 Å². The monoisotopic (exact) mass is 383 g/mol. The van der Waals surface area contributed by atoms with Crippen molar-refractivity contribution in [1.82, 2.24) is 5.32 Å². The predicted molar refractivity (Wildman–Crippen MR) is 120 cm³/mol. The molecule has 0 saturated heterocycles. The van der Waals surface area contributed by atoms with Crippen molar-refractivity contribution in [2.24, 2.45) is 0 Å². The van der Waals surface area contributed by atoms with Gasteiger partial charge < -0.3 is 5.32 Å². The van der Waals surface area contributed by atoms with E-state index in [1.165, 1.54) is 23.1 Å². The van der Waals surface area contributed by atoms with Gasteiger partial charge in [-0.25, -0.2) is 0 Å². The van der Waals surface area contributed by atoms with Crippen molar-refractivity contribution in [3.05, 3.63) is 95.6 Å². The van der Waals surface area contributed by atoms with E-state index >= 15 is 0 Å². The van der Waals surface area contributed by atoms with Crippen molar-refractivity contribution in [2.75, 3.05) is 0 Å². The first-order chi connectivity index (χ1) is 14.2. The fraction of sp³-hybridized carbons (Fsp3) is 0.296. The lowest BCUT2D eigenvalue weighted by atomic mass is 9.68. The maximum absolute atomic E-state index is 13.5. The Balaban J connectivity index is 1.58. The summed E-state index contributed by atoms with van der Waals surface area (Å²) in [5.74, 6) is 0.170. The Bertz CT molecular complexity index is 953. The second-order valence-electron chi connectivity index (χ2n) is 8.21. The maximum Gasteiger partial charge on any atom is 0.230 e. The SMILES string of the molecule is Cc1ccc(C2(C(=O)NCc3ccccc3-c3ccccc3)CCCCC2)cc1. The molecule has 1 saturated carbocycles. The average Bonchev–Trinajstić information content (AvgIpc) is 2.79. The van der Waals surface area contributed by atoms with E-state index in [0.717, 1.165) is 36.8 Å². The molecule has 29 heavy (non-hydrogen) atoms. The molecule has 0 unspecified atom stereocenters. The summed E-state index contributed by atoms with van der Waals surface area (Å²) >= 11 is 0. The van der Waals surface area contributed by atoms with Crippen molar-refractivity contribution in [2.45, 2.75) is 51.0 Å². The smallest absolute Gasteiger partial charge is 0.230 e. The minimum Gasteiger partial charge on any atom is -0.351 e. The Morgan fingerprint density at radius 1 is 0.828 bits per heavy atom. The Morgan fingerprint density at radius 2 is 1.48 bits per heavy atom. The van der Waals surface area contributed by atoms with E-state index in [1.54, 1.807) is 0 Å². The highest BCUT2D eigenvalue weighted by atomic mass is 16.2. The van der Waals surface area contributed by atoms with Crippen LogP contribution < -0.4 is 5.32 Å². The number of aryl methyl sites for hydroxylation is 1. The zero-order valence-corrected chi connectivity index (χ0v) is 17.2. The van der Waals surface area contributed by atoms with Gasteiger partial charge >= 0.3 is 0 Å². The van der Waals surface area contributed by atoms with Crippen LogP contribution in [0.4, 0.5) is 0 Å². The zero-order chi connectivity index (χ0) is 20.1. The Hall–Kier alpha value is -2.87. The number of amides is 1. The number of rotatable bonds is 5. The quantitative estimate of drug-likeness (QED) is 0.560. The van der Waals surface area contributed by atoms with Crippen molar-refractivity contribution < 1.29 is 4.79 Å². The predicted octanol–water partition coefficient (Wildman–Crippen LogP) is 6.18. The van der Waals surface area contributed by atoms with Crippen molar-refractivity contribution in [3.63, 3.8) is 0 Å². The van der Waals surface area contributed by atoms with Crippen LogP contribution in [0.15, 0.2) is 78.9 Å². The highest BCUT2D eigenvalue weighted by Crippen LogP contribution is 2.40. The van der Waals surface area contributed by atoms with E-state index in [4.69, 9.17) is 0 Å². The standard InChI is InChI=1S/C27H29NO/c1-21-14-16-24(17-15-21)27(18-8-3-9-19-27)26(29)28-20-23-12-6-7-13-25(23)22-10-4-2-5-11-22/h2,4-7,10-17H,3,8-9,18-20H2,1H3,(H,28,29). The van der Waals surface area contributed by atoms with Gasteiger partial charge in [-0.3, -0.25) is 4.79 Å². The fourth-order valence-corrected chi connectivity index (χ4v) is 4.59. The van der Waals surface area contributed by atoms with Gasteiger partial charge in [0.05, 0.1) is 5.41 Å². The van der Waals surface area contributed by atoms with Gasteiger partial charge in [0.2, 0.25) is 5.91 Å². The first kappa shape index (κ1) is 19.4. The highest BCUT2D eigenvalue weighted by molar-refractivity contribution is 5.88. The molecule has 148 valence electrons. The number of nitrogens with one attached hydrogen (secondary N) is 1. The molecular weight excluding hydrogens is 354 g/mol. The lowest BCUT2D eigenvalue weighted by Gasteiger charge is -2.36. The van der Waals surface area contributed by atoms with Crippen LogP contribution in [0.2, 0.25) is 0 Å². The van der Waals surface area contributed by atoms with E-state index in [-0.39, 0.29) is 5.91 Å². The lowest BCUT2D eigenvalue weighted by Crippen LogP contribution is -2.45. The van der Waals surface area contributed by atoms with Gasteiger partial charge in [-0.1, -0.05) is 104 Å². The molecule has 4 rings (SSSR count). The number of carbonyl (C=O) groups excluding carboxylic acids is 1. The van der Waals surface area contributed by atoms with Crippen LogP contribution in [0.1, 0.15) is 48.8 Å². The molecule has 1 fully saturated rings. The largest absolute Gasteiger partial charge is 0.351 e. The number of benzene rings is 3. The van der Waals surface area contributed by atoms with Crippen molar-refractivity contribution in [3.8, 4) is 11.1 Å². The Labute approximate surface area is 174 Å². The van der Waals surface area contributed by atoms with Crippen LogP contribution >= 0.6 is 0 Å². The summed E-state index contributed by atoms with van der Waals surface area (Å²) in [6, 6.07) is 27.3. The molecule has 3 aromatic rings. The molecule has 0 atom stereocenters. The molecule has 0 aromatic heterocycles. The van der Waals surface area contributed by atoms with Gasteiger partial charge in [-0.05, 0) is 42.0 Å². The molecule has 1 N–H and O–H groups in total. The molecule has 2 heteroatoms. The zero-order valence-electron chi connectivity index (χ0n) is 17.2. The summed E-state index contributed by atoms with van der Waals surface area (Å²) in [5, 5.41) is 3.29. The normalized spacial score (nSPS) is 15.6. The van der Waals surface area contributed by atoms with Crippen LogP contribution in [0.5, 0.6) is 0 Å². The minimum absolute atomic E-state index is 0.170. The van der Waals surface area contributed by atoms with Crippen LogP contribution in [0.3, 0.4) is 0 Å². The number of carbonyl (C=O) groups is 1. The van der Waals surface area contributed by atoms with Gasteiger partial charge in [0.1, 0.15) is 0 Å². The molecule has 0 heterocycles. The highest BCUT2D eigenvalue weighted by Gasteiger charge is 2.40. The van der Waals surface area contributed by atoms with E-state index in [0.29, 0.717) is 6.54 Å². The van der Waals surface area contributed by atoms with E-state index in [9.17, 15) is 4.79 Å². The van der Waals surface area contributed by atoms with Gasteiger partial charge in [0.15, 0.2) is 0 Å². The van der Waals surface area contributed by atoms with E-state index < -0.39 is 5.41 Å². The van der Waals surface area contributed by atoms with Gasteiger partial charge in [0, 0.05) is 6.54 Å². The molecule has 0 radical (unpaired) electrons. The molecule has 3 aromatic carbocycles. The molecule has 2 nitrogen and oxygen atoms in total. The van der Waals surface area contributed by atoms with Crippen LogP contribution in [0.25, 0.3) is 11.1 Å². The first-order valence-corrected chi connectivity index (χ1v) is 10.7. The third-order valence-corrected chi connectivity index (χ3v) is 6.29.